The Labute approximate surface area is 452 Å². The van der Waals surface area contributed by atoms with Crippen LogP contribution in [0.3, 0.4) is 0 Å². The van der Waals surface area contributed by atoms with Crippen molar-refractivity contribution in [2.24, 2.45) is 0 Å². The van der Waals surface area contributed by atoms with Gasteiger partial charge in [0.05, 0.1) is 33.8 Å². The van der Waals surface area contributed by atoms with Crippen LogP contribution in [0.25, 0.3) is 0 Å². The summed E-state index contributed by atoms with van der Waals surface area (Å²) < 4.78 is 30.7. The smallest absolute Gasteiger partial charge is 0.456 e. The van der Waals surface area contributed by atoms with Crippen LogP contribution in [-0.4, -0.2) is 74.3 Å². The van der Waals surface area contributed by atoms with E-state index in [2.05, 4.69) is 62.5 Å². The van der Waals surface area contributed by atoms with E-state index in [0.29, 0.717) is 17.4 Å². The van der Waals surface area contributed by atoms with E-state index in [-0.39, 0.29) is 31.5 Å². The van der Waals surface area contributed by atoms with Crippen LogP contribution in [0.1, 0.15) is 290 Å². The topological polar surface area (TPSA) is 111 Å². The van der Waals surface area contributed by atoms with Gasteiger partial charge in [0.15, 0.2) is 0 Å². The summed E-state index contributed by atoms with van der Waals surface area (Å²) in [6.45, 7) is 6.98. The lowest BCUT2D eigenvalue weighted by Gasteiger charge is -2.27. The number of carbonyl (C=O) groups excluding carboxylic acids is 2. The maximum atomic E-state index is 13.5. The molecule has 3 unspecified atom stereocenters. The molecule has 0 saturated heterocycles. The molecule has 10 heteroatoms. The third kappa shape index (κ3) is 54.6. The monoisotopic (exact) mass is 1050 g/mol. The normalized spacial score (nSPS) is 14.0. The van der Waals surface area contributed by atoms with Crippen molar-refractivity contribution in [1.29, 1.82) is 0 Å². The number of rotatable bonds is 56. The highest BCUT2D eigenvalue weighted by molar-refractivity contribution is 7.47. The van der Waals surface area contributed by atoms with E-state index in [1.165, 1.54) is 180 Å². The zero-order valence-corrected chi connectivity index (χ0v) is 49.8. The van der Waals surface area contributed by atoms with E-state index >= 15 is 0 Å². The fourth-order valence-corrected chi connectivity index (χ4v) is 9.66. The van der Waals surface area contributed by atoms with Gasteiger partial charge in [0.25, 0.3) is 0 Å². The molecular formula is C63H120N2O7P+. The van der Waals surface area contributed by atoms with E-state index in [4.69, 9.17) is 13.8 Å². The highest BCUT2D eigenvalue weighted by atomic mass is 31.2. The molecule has 0 saturated carbocycles. The van der Waals surface area contributed by atoms with Crippen LogP contribution in [0.4, 0.5) is 0 Å². The van der Waals surface area contributed by atoms with Gasteiger partial charge in [-0.2, -0.15) is 0 Å². The molecular weight excluding hydrogens is 928 g/mol. The summed E-state index contributed by atoms with van der Waals surface area (Å²) >= 11 is 0. The SMILES string of the molecule is CCCCC/C=C/C=C/CCCCCCCCC(=O)NC(COP(=O)(O)OCC[N+](C)(C)C)C(/C=C\CCCCCCCCCCC)OC(=O)CCCCCCCCCCCCC/C=C/CCCCCCCC. The average molecular weight is 1050 g/mol. The highest BCUT2D eigenvalue weighted by Gasteiger charge is 2.30. The lowest BCUT2D eigenvalue weighted by atomic mass is 10.0. The maximum absolute atomic E-state index is 13.5. The Morgan fingerprint density at radius 1 is 0.479 bits per heavy atom. The van der Waals surface area contributed by atoms with Crippen molar-refractivity contribution in [3.05, 3.63) is 48.6 Å². The second-order valence-electron chi connectivity index (χ2n) is 22.3. The predicted octanol–water partition coefficient (Wildman–Crippen LogP) is 18.9. The summed E-state index contributed by atoms with van der Waals surface area (Å²) in [5, 5.41) is 3.05. The number of likely N-dealkylation sites (N-methyl/N-ethyl adjacent to an activating group) is 1. The number of nitrogens with zero attached hydrogens (tertiary/aromatic N) is 1. The molecule has 0 aliphatic rings. The fraction of sp³-hybridized carbons (Fsp3) is 0.841. The number of quaternary nitrogens is 1. The molecule has 9 nitrogen and oxygen atoms in total. The van der Waals surface area contributed by atoms with Gasteiger partial charge in [-0.25, -0.2) is 4.57 Å². The summed E-state index contributed by atoms with van der Waals surface area (Å²) in [6.07, 6.45) is 65.3. The number of esters is 1. The van der Waals surface area contributed by atoms with Crippen molar-refractivity contribution >= 4 is 19.7 Å². The Morgan fingerprint density at radius 3 is 1.27 bits per heavy atom. The summed E-state index contributed by atoms with van der Waals surface area (Å²) in [4.78, 5) is 37.6. The molecule has 3 atom stereocenters. The predicted molar refractivity (Wildman–Crippen MR) is 314 cm³/mol. The van der Waals surface area contributed by atoms with E-state index < -0.39 is 20.0 Å². The lowest BCUT2D eigenvalue weighted by molar-refractivity contribution is -0.870. The molecule has 0 aromatic rings. The minimum atomic E-state index is -4.45. The first-order chi connectivity index (χ1) is 35.4. The van der Waals surface area contributed by atoms with Gasteiger partial charge >= 0.3 is 13.8 Å². The molecule has 0 aliphatic carbocycles. The summed E-state index contributed by atoms with van der Waals surface area (Å²) in [5.41, 5.74) is 0. The molecule has 0 aliphatic heterocycles. The first kappa shape index (κ1) is 71.0. The summed E-state index contributed by atoms with van der Waals surface area (Å²) in [6, 6.07) is -0.853. The molecule has 0 fully saturated rings. The van der Waals surface area contributed by atoms with E-state index in [1.807, 2.05) is 33.3 Å². The minimum Gasteiger partial charge on any atom is -0.456 e. The van der Waals surface area contributed by atoms with Gasteiger partial charge in [-0.05, 0) is 83.1 Å². The number of unbranched alkanes of at least 4 members (excludes halogenated alkanes) is 35. The van der Waals surface area contributed by atoms with Crippen molar-refractivity contribution < 1.29 is 37.3 Å². The Balaban J connectivity index is 5.19. The maximum Gasteiger partial charge on any atom is 0.472 e. The van der Waals surface area contributed by atoms with Crippen LogP contribution in [-0.2, 0) is 27.9 Å². The van der Waals surface area contributed by atoms with Crippen LogP contribution in [0.15, 0.2) is 48.6 Å². The van der Waals surface area contributed by atoms with Crippen molar-refractivity contribution in [3.8, 4) is 0 Å². The van der Waals surface area contributed by atoms with Crippen LogP contribution in [0, 0.1) is 0 Å². The van der Waals surface area contributed by atoms with Crippen molar-refractivity contribution in [2.45, 2.75) is 303 Å². The van der Waals surface area contributed by atoms with Gasteiger partial charge in [0.1, 0.15) is 19.3 Å². The second-order valence-corrected chi connectivity index (χ2v) is 23.7. The molecule has 73 heavy (non-hydrogen) atoms. The quantitative estimate of drug-likeness (QED) is 0.0156. The minimum absolute atomic E-state index is 0.0380. The first-order valence-electron chi connectivity index (χ1n) is 31.0. The fourth-order valence-electron chi connectivity index (χ4n) is 8.93. The van der Waals surface area contributed by atoms with Crippen molar-refractivity contribution in [1.82, 2.24) is 5.32 Å². The molecule has 0 aromatic carbocycles. The average Bonchev–Trinajstić information content (AvgIpc) is 3.35. The third-order valence-electron chi connectivity index (χ3n) is 13.8. The number of hydrogen-bond acceptors (Lipinski definition) is 6. The van der Waals surface area contributed by atoms with Crippen LogP contribution in [0.2, 0.25) is 0 Å². The standard InChI is InChI=1S/C63H119N2O7P/c1-7-10-13-16-19-22-25-27-29-30-31-32-33-34-36-38-41-44-47-50-53-56-63(67)72-61(54-51-48-45-42-39-24-21-18-15-12-9-3)60(59-71-73(68,69)70-58-57-65(4,5)6)64-62(66)55-52-49-46-43-40-37-35-28-26-23-20-17-14-11-8-2/h20,23,26-29,51,54,60-61H,7-19,21-22,24-25,30-50,52-53,55-59H2,1-6H3,(H-,64,66,68,69)/p+1/b23-20+,28-26+,29-27+,54-51-. The molecule has 428 valence electrons. The van der Waals surface area contributed by atoms with Gasteiger partial charge in [0, 0.05) is 12.8 Å². The van der Waals surface area contributed by atoms with Crippen LogP contribution in [0.5, 0.6) is 0 Å². The number of carbonyl (C=O) groups is 2. The summed E-state index contributed by atoms with van der Waals surface area (Å²) in [5.74, 6) is -0.513. The number of phosphoric acid groups is 1. The van der Waals surface area contributed by atoms with E-state index in [1.54, 1.807) is 0 Å². The van der Waals surface area contributed by atoms with Gasteiger partial charge < -0.3 is 19.4 Å². The second kappa shape index (κ2) is 53.4. The Morgan fingerprint density at radius 2 is 0.836 bits per heavy atom. The molecule has 0 bridgehead atoms. The van der Waals surface area contributed by atoms with Gasteiger partial charge in [0.2, 0.25) is 5.91 Å². The first-order valence-corrected chi connectivity index (χ1v) is 32.5. The molecule has 0 radical (unpaired) electrons. The Hall–Kier alpha value is -2.03. The highest BCUT2D eigenvalue weighted by Crippen LogP contribution is 2.43. The third-order valence-corrected chi connectivity index (χ3v) is 14.8. The molecule has 0 spiro atoms. The van der Waals surface area contributed by atoms with E-state index in [9.17, 15) is 19.0 Å². The molecule has 2 N–H and O–H groups in total. The Bertz CT molecular complexity index is 1390. The lowest BCUT2D eigenvalue weighted by Crippen LogP contribution is -2.47. The molecule has 1 amide bonds. The number of amides is 1. The molecule has 0 aromatic heterocycles. The van der Waals surface area contributed by atoms with Crippen molar-refractivity contribution in [2.75, 3.05) is 40.9 Å². The van der Waals surface area contributed by atoms with Crippen LogP contribution >= 0.6 is 7.82 Å². The number of ether oxygens (including phenoxy) is 1. The zero-order valence-electron chi connectivity index (χ0n) is 48.9. The zero-order chi connectivity index (χ0) is 53.6. The van der Waals surface area contributed by atoms with Crippen LogP contribution < -0.4 is 5.32 Å². The Kier molecular flexibility index (Phi) is 51.9. The summed E-state index contributed by atoms with van der Waals surface area (Å²) in [7, 11) is 1.49. The van der Waals surface area contributed by atoms with Gasteiger partial charge in [-0.1, -0.05) is 243 Å². The van der Waals surface area contributed by atoms with E-state index in [0.717, 1.165) is 77.0 Å². The molecule has 0 rings (SSSR count). The van der Waals surface area contributed by atoms with Crippen molar-refractivity contribution in [3.63, 3.8) is 0 Å². The molecule has 0 heterocycles. The number of allylic oxidation sites excluding steroid dienone is 7. The number of hydrogen-bond donors (Lipinski definition) is 2. The van der Waals surface area contributed by atoms with Gasteiger partial charge in [-0.3, -0.25) is 18.6 Å². The largest absolute Gasteiger partial charge is 0.472 e. The number of nitrogens with one attached hydrogen (secondary N) is 1. The van der Waals surface area contributed by atoms with Gasteiger partial charge in [-0.15, -0.1) is 0 Å². The number of phosphoric ester groups is 1.